The lowest BCUT2D eigenvalue weighted by Crippen LogP contribution is -2.39. The fourth-order valence-corrected chi connectivity index (χ4v) is 3.93. The Labute approximate surface area is 154 Å². The van der Waals surface area contributed by atoms with E-state index in [4.69, 9.17) is 9.97 Å². The predicted octanol–water partition coefficient (Wildman–Crippen LogP) is 5.08. The number of piperidine rings is 1. The van der Waals surface area contributed by atoms with Gasteiger partial charge in [0.25, 0.3) is 0 Å². The Morgan fingerprint density at radius 1 is 1.12 bits per heavy atom. The van der Waals surface area contributed by atoms with Crippen molar-refractivity contribution < 1.29 is 5.11 Å². The van der Waals surface area contributed by atoms with E-state index in [1.165, 1.54) is 24.8 Å². The minimum absolute atomic E-state index is 0.219. The Balaban J connectivity index is 1.94. The summed E-state index contributed by atoms with van der Waals surface area (Å²) >= 11 is 0. The van der Waals surface area contributed by atoms with Crippen molar-refractivity contribution in [2.75, 3.05) is 11.4 Å². The highest BCUT2D eigenvalue weighted by atomic mass is 16.3. The minimum Gasteiger partial charge on any atom is -0.507 e. The van der Waals surface area contributed by atoms with Crippen LogP contribution in [0.15, 0.2) is 42.5 Å². The molecule has 1 aliphatic heterocycles. The molecule has 3 aromatic rings. The van der Waals surface area contributed by atoms with Crippen molar-refractivity contribution in [1.29, 1.82) is 0 Å². The van der Waals surface area contributed by atoms with Gasteiger partial charge in [0.2, 0.25) is 0 Å². The van der Waals surface area contributed by atoms with Crippen LogP contribution in [0.4, 0.5) is 5.82 Å². The summed E-state index contributed by atoms with van der Waals surface area (Å²) in [7, 11) is 0. The van der Waals surface area contributed by atoms with Crippen LogP contribution >= 0.6 is 0 Å². The van der Waals surface area contributed by atoms with Crippen LogP contribution < -0.4 is 4.90 Å². The Morgan fingerprint density at radius 2 is 1.96 bits per heavy atom. The molecule has 1 saturated heterocycles. The third kappa shape index (κ3) is 3.00. The average Bonchev–Trinajstić information content (AvgIpc) is 2.67. The first-order valence-electron chi connectivity index (χ1n) is 9.51. The molecule has 26 heavy (non-hydrogen) atoms. The lowest BCUT2D eigenvalue weighted by atomic mass is 9.99. The summed E-state index contributed by atoms with van der Waals surface area (Å²) in [6.45, 7) is 5.36. The standard InChI is InChI=1S/C22H25N3O/c1-3-16-8-6-7-13-25(16)22-17-12-11-15(2)14-19(17)23-21(24-22)18-9-4-5-10-20(18)26/h4-5,9-12,14,16,26H,3,6-8,13H2,1-2H3. The molecule has 2 aromatic carbocycles. The number of aromatic hydroxyl groups is 1. The maximum atomic E-state index is 10.3. The molecule has 0 spiro atoms. The number of phenols is 1. The molecule has 1 aromatic heterocycles. The second kappa shape index (κ2) is 6.94. The van der Waals surface area contributed by atoms with Crippen LogP contribution in [-0.2, 0) is 0 Å². The molecule has 1 atom stereocenters. The molecule has 4 rings (SSSR count). The average molecular weight is 347 g/mol. The van der Waals surface area contributed by atoms with Gasteiger partial charge in [0, 0.05) is 18.0 Å². The van der Waals surface area contributed by atoms with Crippen molar-refractivity contribution in [3.63, 3.8) is 0 Å². The Hall–Kier alpha value is -2.62. The number of rotatable bonds is 3. The zero-order valence-corrected chi connectivity index (χ0v) is 15.4. The fourth-order valence-electron chi connectivity index (χ4n) is 3.93. The van der Waals surface area contributed by atoms with Gasteiger partial charge in [-0.15, -0.1) is 0 Å². The normalized spacial score (nSPS) is 17.6. The first-order chi connectivity index (χ1) is 12.7. The molecule has 1 unspecified atom stereocenters. The second-order valence-electron chi connectivity index (χ2n) is 7.16. The van der Waals surface area contributed by atoms with Crippen LogP contribution in [0, 0.1) is 6.92 Å². The van der Waals surface area contributed by atoms with Gasteiger partial charge in [-0.3, -0.25) is 0 Å². The number of anilines is 1. The van der Waals surface area contributed by atoms with Crippen molar-refractivity contribution in [2.45, 2.75) is 45.6 Å². The summed E-state index contributed by atoms with van der Waals surface area (Å²) in [4.78, 5) is 12.2. The summed E-state index contributed by atoms with van der Waals surface area (Å²) < 4.78 is 0. The first-order valence-corrected chi connectivity index (χ1v) is 9.51. The van der Waals surface area contributed by atoms with E-state index in [2.05, 4.69) is 36.9 Å². The van der Waals surface area contributed by atoms with Crippen molar-refractivity contribution in [2.24, 2.45) is 0 Å². The van der Waals surface area contributed by atoms with Crippen molar-refractivity contribution in [3.05, 3.63) is 48.0 Å². The molecular weight excluding hydrogens is 322 g/mol. The van der Waals surface area contributed by atoms with Crippen LogP contribution in [0.2, 0.25) is 0 Å². The number of para-hydroxylation sites is 1. The van der Waals surface area contributed by atoms with E-state index in [1.807, 2.05) is 18.2 Å². The molecule has 4 heteroatoms. The number of nitrogens with zero attached hydrogens (tertiary/aromatic N) is 3. The lowest BCUT2D eigenvalue weighted by molar-refractivity contribution is 0.448. The molecular formula is C22H25N3O. The van der Waals surface area contributed by atoms with Gasteiger partial charge in [-0.25, -0.2) is 9.97 Å². The number of hydrogen-bond donors (Lipinski definition) is 1. The van der Waals surface area contributed by atoms with E-state index >= 15 is 0 Å². The number of fused-ring (bicyclic) bond motifs is 1. The van der Waals surface area contributed by atoms with Crippen LogP contribution in [0.25, 0.3) is 22.3 Å². The number of hydrogen-bond acceptors (Lipinski definition) is 4. The lowest BCUT2D eigenvalue weighted by Gasteiger charge is -2.37. The van der Waals surface area contributed by atoms with Gasteiger partial charge in [-0.2, -0.15) is 0 Å². The molecule has 0 saturated carbocycles. The summed E-state index contributed by atoms with van der Waals surface area (Å²) in [6.07, 6.45) is 4.80. The van der Waals surface area contributed by atoms with Gasteiger partial charge in [-0.05, 0) is 62.4 Å². The van der Waals surface area contributed by atoms with E-state index in [0.29, 0.717) is 17.4 Å². The van der Waals surface area contributed by atoms with Crippen LogP contribution in [0.1, 0.15) is 38.2 Å². The number of aromatic nitrogens is 2. The third-order valence-electron chi connectivity index (χ3n) is 5.35. The minimum atomic E-state index is 0.219. The largest absolute Gasteiger partial charge is 0.507 e. The molecule has 1 N–H and O–H groups in total. The van der Waals surface area contributed by atoms with Crippen molar-refractivity contribution in [3.8, 4) is 17.1 Å². The molecule has 0 bridgehead atoms. The highest BCUT2D eigenvalue weighted by Crippen LogP contribution is 2.34. The van der Waals surface area contributed by atoms with Crippen molar-refractivity contribution >= 4 is 16.7 Å². The maximum Gasteiger partial charge on any atom is 0.165 e. The molecule has 2 heterocycles. The number of aryl methyl sites for hydroxylation is 1. The van der Waals surface area contributed by atoms with Gasteiger partial charge in [0.05, 0.1) is 11.1 Å². The highest BCUT2D eigenvalue weighted by Gasteiger charge is 2.25. The molecule has 0 aliphatic carbocycles. The maximum absolute atomic E-state index is 10.3. The highest BCUT2D eigenvalue weighted by molar-refractivity contribution is 5.92. The van der Waals surface area contributed by atoms with E-state index in [1.54, 1.807) is 6.07 Å². The van der Waals surface area contributed by atoms with Gasteiger partial charge < -0.3 is 10.0 Å². The van der Waals surface area contributed by atoms with Gasteiger partial charge in [0.15, 0.2) is 5.82 Å². The zero-order chi connectivity index (χ0) is 18.1. The molecule has 1 fully saturated rings. The smallest absolute Gasteiger partial charge is 0.165 e. The Morgan fingerprint density at radius 3 is 2.77 bits per heavy atom. The van der Waals surface area contributed by atoms with Crippen molar-refractivity contribution in [1.82, 2.24) is 9.97 Å². The van der Waals surface area contributed by atoms with Gasteiger partial charge >= 0.3 is 0 Å². The van der Waals surface area contributed by atoms with Crippen LogP contribution in [-0.4, -0.2) is 27.7 Å². The number of phenolic OH excluding ortho intramolecular Hbond substituents is 1. The van der Waals surface area contributed by atoms with Crippen LogP contribution in [0.5, 0.6) is 5.75 Å². The van der Waals surface area contributed by atoms with Crippen LogP contribution in [0.3, 0.4) is 0 Å². The SMILES string of the molecule is CCC1CCCCN1c1nc(-c2ccccc2O)nc2cc(C)ccc12. The Kier molecular flexibility index (Phi) is 4.49. The van der Waals surface area contributed by atoms with Gasteiger partial charge in [0.1, 0.15) is 11.6 Å². The van der Waals surface area contributed by atoms with E-state index in [-0.39, 0.29) is 5.75 Å². The molecule has 134 valence electrons. The molecule has 0 amide bonds. The van der Waals surface area contributed by atoms with E-state index in [9.17, 15) is 5.11 Å². The van der Waals surface area contributed by atoms with E-state index in [0.717, 1.165) is 29.7 Å². The summed E-state index contributed by atoms with van der Waals surface area (Å²) in [5.74, 6) is 1.81. The summed E-state index contributed by atoms with van der Waals surface area (Å²) in [5, 5.41) is 11.4. The quantitative estimate of drug-likeness (QED) is 0.718. The number of benzene rings is 2. The fraction of sp³-hybridized carbons (Fsp3) is 0.364. The van der Waals surface area contributed by atoms with Gasteiger partial charge in [-0.1, -0.05) is 25.1 Å². The first kappa shape index (κ1) is 16.8. The van der Waals surface area contributed by atoms with E-state index < -0.39 is 0 Å². The summed E-state index contributed by atoms with van der Waals surface area (Å²) in [5.41, 5.74) is 2.80. The Bertz CT molecular complexity index is 938. The topological polar surface area (TPSA) is 49.2 Å². The molecule has 4 nitrogen and oxygen atoms in total. The third-order valence-corrected chi connectivity index (χ3v) is 5.35. The predicted molar refractivity (Wildman–Crippen MR) is 107 cm³/mol. The molecule has 0 radical (unpaired) electrons. The summed E-state index contributed by atoms with van der Waals surface area (Å²) in [6, 6.07) is 14.2. The monoisotopic (exact) mass is 347 g/mol. The second-order valence-corrected chi connectivity index (χ2v) is 7.16. The molecule has 1 aliphatic rings. The zero-order valence-electron chi connectivity index (χ0n) is 15.4.